The van der Waals surface area contributed by atoms with Crippen molar-refractivity contribution in [2.45, 2.75) is 6.36 Å². The highest BCUT2D eigenvalue weighted by atomic mass is 19.4. The highest BCUT2D eigenvalue weighted by molar-refractivity contribution is 5.65. The van der Waals surface area contributed by atoms with Crippen LogP contribution < -0.4 is 21.5 Å². The van der Waals surface area contributed by atoms with Crippen molar-refractivity contribution in [1.82, 2.24) is 4.98 Å². The number of alkyl halides is 3. The molecule has 0 saturated heterocycles. The number of hydrogen-bond acceptors (Lipinski definition) is 5. The molecule has 0 radical (unpaired) electrons. The molecule has 0 fully saturated rings. The standard InChI is InChI=1S/C12H11F3N4O/c13-12(14,15)20-8-3-1-2-7(6-8)18-10-5-4-9(16)11(17)19-10/h1-6H,16H2,(H3,17,18,19). The van der Waals surface area contributed by atoms with Gasteiger partial charge in [0, 0.05) is 11.8 Å². The van der Waals surface area contributed by atoms with Crippen LogP contribution in [0.25, 0.3) is 0 Å². The van der Waals surface area contributed by atoms with Crippen LogP contribution in [0.15, 0.2) is 36.4 Å². The second kappa shape index (κ2) is 5.16. The fraction of sp³-hybridized carbons (Fsp3) is 0.0833. The molecule has 2 aromatic rings. The van der Waals surface area contributed by atoms with Crippen molar-refractivity contribution in [3.05, 3.63) is 36.4 Å². The van der Waals surface area contributed by atoms with Gasteiger partial charge >= 0.3 is 6.36 Å². The van der Waals surface area contributed by atoms with Gasteiger partial charge in [-0.05, 0) is 24.3 Å². The highest BCUT2D eigenvalue weighted by Crippen LogP contribution is 2.26. The van der Waals surface area contributed by atoms with Crippen LogP contribution in [0.3, 0.4) is 0 Å². The molecule has 2 rings (SSSR count). The second-order valence-electron chi connectivity index (χ2n) is 3.87. The van der Waals surface area contributed by atoms with Gasteiger partial charge in [0.2, 0.25) is 0 Å². The maximum Gasteiger partial charge on any atom is 0.573 e. The third-order valence-corrected chi connectivity index (χ3v) is 2.30. The van der Waals surface area contributed by atoms with E-state index in [0.717, 1.165) is 0 Å². The molecule has 0 aliphatic heterocycles. The predicted molar refractivity (Wildman–Crippen MR) is 69.5 cm³/mol. The Morgan fingerprint density at radius 1 is 1.10 bits per heavy atom. The Bertz CT molecular complexity index is 616. The molecule has 0 saturated carbocycles. The first-order chi connectivity index (χ1) is 9.33. The molecule has 0 bridgehead atoms. The van der Waals surface area contributed by atoms with E-state index >= 15 is 0 Å². The Hall–Kier alpha value is -2.64. The molecule has 0 spiro atoms. The fourth-order valence-corrected chi connectivity index (χ4v) is 1.47. The average molecular weight is 284 g/mol. The Morgan fingerprint density at radius 3 is 2.50 bits per heavy atom. The van der Waals surface area contributed by atoms with Crippen LogP contribution in [0.1, 0.15) is 0 Å². The molecule has 8 heteroatoms. The maximum atomic E-state index is 12.1. The van der Waals surface area contributed by atoms with Crippen molar-refractivity contribution in [2.24, 2.45) is 0 Å². The number of aromatic nitrogens is 1. The predicted octanol–water partition coefficient (Wildman–Crippen LogP) is 2.89. The van der Waals surface area contributed by atoms with Crippen LogP contribution in [0.4, 0.5) is 36.2 Å². The van der Waals surface area contributed by atoms with Gasteiger partial charge in [-0.3, -0.25) is 0 Å². The van der Waals surface area contributed by atoms with Gasteiger partial charge in [-0.25, -0.2) is 4.98 Å². The van der Waals surface area contributed by atoms with E-state index in [1.165, 1.54) is 18.2 Å². The summed E-state index contributed by atoms with van der Waals surface area (Å²) in [5.74, 6) is 0.171. The molecular formula is C12H11F3N4O. The summed E-state index contributed by atoms with van der Waals surface area (Å²) >= 11 is 0. The molecule has 0 aliphatic carbocycles. The van der Waals surface area contributed by atoms with Crippen molar-refractivity contribution >= 4 is 23.0 Å². The lowest BCUT2D eigenvalue weighted by Crippen LogP contribution is -2.17. The SMILES string of the molecule is Nc1ccc(Nc2cccc(OC(F)(F)F)c2)nc1N. The van der Waals surface area contributed by atoms with Crippen molar-refractivity contribution in [3.63, 3.8) is 0 Å². The molecule has 5 N–H and O–H groups in total. The van der Waals surface area contributed by atoms with E-state index in [1.807, 2.05) is 0 Å². The Kier molecular flexibility index (Phi) is 3.55. The van der Waals surface area contributed by atoms with Crippen molar-refractivity contribution < 1.29 is 17.9 Å². The third-order valence-electron chi connectivity index (χ3n) is 2.30. The summed E-state index contributed by atoms with van der Waals surface area (Å²) in [6, 6.07) is 8.48. The molecule has 0 atom stereocenters. The lowest BCUT2D eigenvalue weighted by atomic mass is 10.3. The Labute approximate surface area is 112 Å². The van der Waals surface area contributed by atoms with Gasteiger partial charge < -0.3 is 21.5 Å². The number of anilines is 4. The van der Waals surface area contributed by atoms with Crippen LogP contribution in [-0.2, 0) is 0 Å². The lowest BCUT2D eigenvalue weighted by molar-refractivity contribution is -0.274. The summed E-state index contributed by atoms with van der Waals surface area (Å²) in [5.41, 5.74) is 11.8. The molecule has 1 heterocycles. The maximum absolute atomic E-state index is 12.1. The smallest absolute Gasteiger partial charge is 0.406 e. The minimum absolute atomic E-state index is 0.137. The Morgan fingerprint density at radius 2 is 1.85 bits per heavy atom. The van der Waals surface area contributed by atoms with Crippen LogP contribution >= 0.6 is 0 Å². The fourth-order valence-electron chi connectivity index (χ4n) is 1.47. The first-order valence-electron chi connectivity index (χ1n) is 5.48. The van der Waals surface area contributed by atoms with Crippen molar-refractivity contribution in [2.75, 3.05) is 16.8 Å². The molecule has 0 aliphatic rings. The summed E-state index contributed by atoms with van der Waals surface area (Å²) in [7, 11) is 0. The zero-order valence-corrected chi connectivity index (χ0v) is 10.1. The van der Waals surface area contributed by atoms with E-state index in [-0.39, 0.29) is 11.6 Å². The van der Waals surface area contributed by atoms with E-state index in [2.05, 4.69) is 15.0 Å². The van der Waals surface area contributed by atoms with Gasteiger partial charge in [0.25, 0.3) is 0 Å². The van der Waals surface area contributed by atoms with E-state index in [4.69, 9.17) is 11.5 Å². The molecule has 5 nitrogen and oxygen atoms in total. The van der Waals surface area contributed by atoms with Gasteiger partial charge in [0.05, 0.1) is 5.69 Å². The molecule has 0 amide bonds. The topological polar surface area (TPSA) is 86.2 Å². The first kappa shape index (κ1) is 13.8. The number of ether oxygens (including phenoxy) is 1. The van der Waals surface area contributed by atoms with Crippen LogP contribution in [-0.4, -0.2) is 11.3 Å². The lowest BCUT2D eigenvalue weighted by Gasteiger charge is -2.11. The summed E-state index contributed by atoms with van der Waals surface area (Å²) in [5, 5.41) is 2.80. The summed E-state index contributed by atoms with van der Waals surface area (Å²) < 4.78 is 40.2. The van der Waals surface area contributed by atoms with Gasteiger partial charge in [-0.2, -0.15) is 0 Å². The van der Waals surface area contributed by atoms with Gasteiger partial charge in [0.1, 0.15) is 17.4 Å². The molecular weight excluding hydrogens is 273 g/mol. The molecule has 20 heavy (non-hydrogen) atoms. The number of halogens is 3. The third kappa shape index (κ3) is 3.67. The molecule has 1 aromatic heterocycles. The number of nitrogens with one attached hydrogen (secondary N) is 1. The average Bonchev–Trinajstić information content (AvgIpc) is 2.32. The van der Waals surface area contributed by atoms with Gasteiger partial charge in [-0.15, -0.1) is 13.2 Å². The summed E-state index contributed by atoms with van der Waals surface area (Å²) in [6.45, 7) is 0. The first-order valence-corrected chi connectivity index (χ1v) is 5.48. The molecule has 0 unspecified atom stereocenters. The van der Waals surface area contributed by atoms with E-state index < -0.39 is 6.36 Å². The number of pyridine rings is 1. The summed E-state index contributed by atoms with van der Waals surface area (Å²) in [6.07, 6.45) is -4.73. The monoisotopic (exact) mass is 284 g/mol. The van der Waals surface area contributed by atoms with Crippen LogP contribution in [0, 0.1) is 0 Å². The summed E-state index contributed by atoms with van der Waals surface area (Å²) in [4.78, 5) is 3.95. The second-order valence-corrected chi connectivity index (χ2v) is 3.87. The highest BCUT2D eigenvalue weighted by Gasteiger charge is 2.31. The van der Waals surface area contributed by atoms with Crippen LogP contribution in [0.2, 0.25) is 0 Å². The Balaban J connectivity index is 2.17. The van der Waals surface area contributed by atoms with E-state index in [0.29, 0.717) is 17.2 Å². The van der Waals surface area contributed by atoms with E-state index in [1.54, 1.807) is 18.2 Å². The number of nitrogens with zero attached hydrogens (tertiary/aromatic N) is 1. The number of benzene rings is 1. The number of rotatable bonds is 3. The minimum Gasteiger partial charge on any atom is -0.406 e. The zero-order chi connectivity index (χ0) is 14.8. The minimum atomic E-state index is -4.73. The quantitative estimate of drug-likeness (QED) is 0.806. The number of nitrogens with two attached hydrogens (primary N) is 2. The van der Waals surface area contributed by atoms with E-state index in [9.17, 15) is 13.2 Å². The number of nitrogen functional groups attached to an aromatic ring is 2. The van der Waals surface area contributed by atoms with Gasteiger partial charge in [0.15, 0.2) is 0 Å². The van der Waals surface area contributed by atoms with Crippen molar-refractivity contribution in [1.29, 1.82) is 0 Å². The zero-order valence-electron chi connectivity index (χ0n) is 10.1. The van der Waals surface area contributed by atoms with Gasteiger partial charge in [-0.1, -0.05) is 6.07 Å². The normalized spacial score (nSPS) is 11.2. The van der Waals surface area contributed by atoms with Crippen LogP contribution in [0.5, 0.6) is 5.75 Å². The molecule has 1 aromatic carbocycles. The van der Waals surface area contributed by atoms with Crippen molar-refractivity contribution in [3.8, 4) is 5.75 Å². The largest absolute Gasteiger partial charge is 0.573 e. The number of hydrogen-bond donors (Lipinski definition) is 3. The molecule has 106 valence electrons.